The number of halogens is 3. The fourth-order valence-electron chi connectivity index (χ4n) is 1.04. The summed E-state index contributed by atoms with van der Waals surface area (Å²) in [6, 6.07) is 1.29. The first kappa shape index (κ1) is 15.1. The zero-order chi connectivity index (χ0) is 13.8. The van der Waals surface area contributed by atoms with Gasteiger partial charge in [0.05, 0.1) is 5.69 Å². The molecule has 5 nitrogen and oxygen atoms in total. The molecule has 1 aromatic rings. The molecule has 0 amide bonds. The van der Waals surface area contributed by atoms with E-state index in [1.165, 1.54) is 12.3 Å². The van der Waals surface area contributed by atoms with E-state index in [4.69, 9.17) is 5.73 Å². The Morgan fingerprint density at radius 3 is 2.67 bits per heavy atom. The summed E-state index contributed by atoms with van der Waals surface area (Å²) in [6.07, 6.45) is 2.35. The Hall–Kier alpha value is -1.00. The van der Waals surface area contributed by atoms with Gasteiger partial charge < -0.3 is 5.73 Å². The fraction of sp³-hybridized carbons (Fsp3) is 0.375. The molecule has 0 aliphatic rings. The maximum absolute atomic E-state index is 11.8. The molecule has 0 spiro atoms. The highest BCUT2D eigenvalue weighted by atomic mass is 32.2. The first-order valence-corrected chi connectivity index (χ1v) is 7.09. The topological polar surface area (TPSA) is 85.1 Å². The molecular weight excluding hydrogens is 291 g/mol. The summed E-state index contributed by atoms with van der Waals surface area (Å²) >= 11 is -0.300. The van der Waals surface area contributed by atoms with Crippen LogP contribution in [0.3, 0.4) is 0 Å². The highest BCUT2D eigenvalue weighted by Crippen LogP contribution is 2.29. The average molecular weight is 301 g/mol. The van der Waals surface area contributed by atoms with Gasteiger partial charge in [-0.15, -0.1) is 0 Å². The van der Waals surface area contributed by atoms with Gasteiger partial charge in [-0.1, -0.05) is 0 Å². The number of aromatic nitrogens is 1. The van der Waals surface area contributed by atoms with Gasteiger partial charge in [-0.3, -0.25) is 4.98 Å². The van der Waals surface area contributed by atoms with E-state index >= 15 is 0 Å². The second kappa shape index (κ2) is 5.76. The number of anilines is 1. The van der Waals surface area contributed by atoms with Crippen LogP contribution in [0.5, 0.6) is 0 Å². The van der Waals surface area contributed by atoms with E-state index < -0.39 is 21.3 Å². The van der Waals surface area contributed by atoms with E-state index in [9.17, 15) is 21.6 Å². The zero-order valence-corrected chi connectivity index (χ0v) is 10.6. The summed E-state index contributed by atoms with van der Waals surface area (Å²) in [5.74, 6) is -0.414. The lowest BCUT2D eigenvalue weighted by Gasteiger charge is -2.09. The molecule has 10 heteroatoms. The zero-order valence-electron chi connectivity index (χ0n) is 8.94. The number of hydrogen-bond acceptors (Lipinski definition) is 5. The summed E-state index contributed by atoms with van der Waals surface area (Å²) in [5.41, 5.74) is 1.05. The number of rotatable bonds is 5. The molecule has 0 fully saturated rings. The van der Waals surface area contributed by atoms with Crippen LogP contribution in [0, 0.1) is 0 Å². The van der Waals surface area contributed by atoms with Crippen LogP contribution < -0.4 is 10.5 Å². The molecule has 1 heterocycles. The lowest BCUT2D eigenvalue weighted by Crippen LogP contribution is -2.27. The van der Waals surface area contributed by atoms with E-state index in [-0.39, 0.29) is 28.9 Å². The van der Waals surface area contributed by atoms with Crippen LogP contribution in [0.1, 0.15) is 0 Å². The van der Waals surface area contributed by atoms with E-state index in [1.54, 1.807) is 0 Å². The number of nitrogens with two attached hydrogens (primary N) is 1. The van der Waals surface area contributed by atoms with Crippen molar-refractivity contribution in [2.24, 2.45) is 0 Å². The normalized spacial score (nSPS) is 12.6. The first-order valence-electron chi connectivity index (χ1n) is 4.62. The molecule has 1 rings (SSSR count). The minimum absolute atomic E-state index is 0.0130. The minimum Gasteiger partial charge on any atom is -0.398 e. The van der Waals surface area contributed by atoms with Crippen molar-refractivity contribution in [3.8, 4) is 0 Å². The molecule has 0 bridgehead atoms. The summed E-state index contributed by atoms with van der Waals surface area (Å²) in [4.78, 5) is 3.35. The van der Waals surface area contributed by atoms with E-state index in [0.29, 0.717) is 0 Å². The average Bonchev–Trinajstić information content (AvgIpc) is 2.24. The third kappa shape index (κ3) is 4.70. The van der Waals surface area contributed by atoms with Gasteiger partial charge in [-0.05, 0) is 17.8 Å². The van der Waals surface area contributed by atoms with E-state index in [2.05, 4.69) is 4.98 Å². The molecule has 0 aromatic carbocycles. The Bertz CT molecular complexity index is 505. The largest absolute Gasteiger partial charge is 0.441 e. The Kier molecular flexibility index (Phi) is 4.82. The molecular formula is C8H10F3N3O2S2. The standard InChI is InChI=1S/C8H10F3N3O2S2/c9-8(10,11)17-4-3-14-18(15,16)7-5-13-2-1-6(7)12/h1-2,5,14H,3-4H2,(H2,12,13). The van der Waals surface area contributed by atoms with Gasteiger partial charge in [0.2, 0.25) is 10.0 Å². The van der Waals surface area contributed by atoms with Crippen molar-refractivity contribution < 1.29 is 21.6 Å². The van der Waals surface area contributed by atoms with Crippen LogP contribution in [0.15, 0.2) is 23.4 Å². The molecule has 18 heavy (non-hydrogen) atoms. The SMILES string of the molecule is Nc1ccncc1S(=O)(=O)NCCSC(F)(F)F. The minimum atomic E-state index is -4.38. The molecule has 0 unspecified atom stereocenters. The van der Waals surface area contributed by atoms with Crippen LogP contribution in [-0.4, -0.2) is 31.2 Å². The number of thioether (sulfide) groups is 1. The van der Waals surface area contributed by atoms with Crippen LogP contribution in [0.25, 0.3) is 0 Å². The Morgan fingerprint density at radius 2 is 2.11 bits per heavy atom. The molecule has 0 aliphatic heterocycles. The highest BCUT2D eigenvalue weighted by molar-refractivity contribution is 8.00. The highest BCUT2D eigenvalue weighted by Gasteiger charge is 2.28. The van der Waals surface area contributed by atoms with Crippen LogP contribution in [0.2, 0.25) is 0 Å². The van der Waals surface area contributed by atoms with Crippen molar-refractivity contribution in [1.82, 2.24) is 9.71 Å². The van der Waals surface area contributed by atoms with Gasteiger partial charge in [0.1, 0.15) is 4.90 Å². The van der Waals surface area contributed by atoms with Crippen LogP contribution >= 0.6 is 11.8 Å². The van der Waals surface area contributed by atoms with Crippen molar-refractivity contribution in [3.63, 3.8) is 0 Å². The van der Waals surface area contributed by atoms with Crippen molar-refractivity contribution in [1.29, 1.82) is 0 Å². The maximum Gasteiger partial charge on any atom is 0.441 e. The smallest absolute Gasteiger partial charge is 0.398 e. The maximum atomic E-state index is 11.8. The van der Waals surface area contributed by atoms with Crippen molar-refractivity contribution in [3.05, 3.63) is 18.5 Å². The fourth-order valence-corrected chi connectivity index (χ4v) is 2.70. The molecule has 0 aliphatic carbocycles. The third-order valence-corrected chi connectivity index (χ3v) is 4.01. The van der Waals surface area contributed by atoms with Crippen molar-refractivity contribution in [2.75, 3.05) is 18.0 Å². The van der Waals surface area contributed by atoms with E-state index in [0.717, 1.165) is 6.20 Å². The van der Waals surface area contributed by atoms with Gasteiger partial charge in [-0.25, -0.2) is 13.1 Å². The lowest BCUT2D eigenvalue weighted by molar-refractivity contribution is -0.0327. The number of hydrogen-bond donors (Lipinski definition) is 2. The van der Waals surface area contributed by atoms with Gasteiger partial charge >= 0.3 is 5.51 Å². The Labute approximate surface area is 106 Å². The van der Waals surface area contributed by atoms with Gasteiger partial charge in [0.25, 0.3) is 0 Å². The molecule has 1 aromatic heterocycles. The van der Waals surface area contributed by atoms with Crippen LogP contribution in [0.4, 0.5) is 18.9 Å². The van der Waals surface area contributed by atoms with Gasteiger partial charge in [0, 0.05) is 24.7 Å². The molecule has 0 saturated carbocycles. The van der Waals surface area contributed by atoms with Crippen molar-refractivity contribution >= 4 is 27.5 Å². The summed E-state index contributed by atoms with van der Waals surface area (Å²) < 4.78 is 60.8. The molecule has 0 atom stereocenters. The van der Waals surface area contributed by atoms with E-state index in [1.807, 2.05) is 4.72 Å². The first-order chi connectivity index (χ1) is 8.22. The van der Waals surface area contributed by atoms with Crippen molar-refractivity contribution in [2.45, 2.75) is 10.4 Å². The number of nitrogens with zero attached hydrogens (tertiary/aromatic N) is 1. The summed E-state index contributed by atoms with van der Waals surface area (Å²) in [5, 5.41) is 0. The molecule has 3 N–H and O–H groups in total. The second-order valence-corrected chi connectivity index (χ2v) is 6.00. The predicted molar refractivity (Wildman–Crippen MR) is 62.4 cm³/mol. The number of alkyl halides is 3. The lowest BCUT2D eigenvalue weighted by atomic mass is 10.4. The quantitative estimate of drug-likeness (QED) is 0.798. The Morgan fingerprint density at radius 1 is 1.44 bits per heavy atom. The monoisotopic (exact) mass is 301 g/mol. The van der Waals surface area contributed by atoms with Gasteiger partial charge in [-0.2, -0.15) is 13.2 Å². The Balaban J connectivity index is 2.59. The third-order valence-electron chi connectivity index (χ3n) is 1.77. The van der Waals surface area contributed by atoms with Gasteiger partial charge in [0.15, 0.2) is 0 Å². The van der Waals surface area contributed by atoms with Crippen LogP contribution in [-0.2, 0) is 10.0 Å². The summed E-state index contributed by atoms with van der Waals surface area (Å²) in [7, 11) is -3.93. The number of nitrogen functional groups attached to an aromatic ring is 1. The number of pyridine rings is 1. The molecule has 0 saturated heterocycles. The summed E-state index contributed by atoms with van der Waals surface area (Å²) in [6.45, 7) is -0.346. The molecule has 0 radical (unpaired) electrons. The number of sulfonamides is 1. The molecule has 102 valence electrons. The predicted octanol–water partition coefficient (Wildman–Crippen LogP) is 1.20. The second-order valence-electron chi connectivity index (χ2n) is 3.11. The number of nitrogens with one attached hydrogen (secondary N) is 1.